The maximum atomic E-state index is 12.7. The molecule has 0 radical (unpaired) electrons. The van der Waals surface area contributed by atoms with Crippen molar-refractivity contribution in [1.29, 1.82) is 0 Å². The largest absolute Gasteiger partial charge is 0.389 e. The zero-order chi connectivity index (χ0) is 13.0. The maximum absolute atomic E-state index is 12.7. The highest BCUT2D eigenvalue weighted by Crippen LogP contribution is 2.15. The van der Waals surface area contributed by atoms with Gasteiger partial charge in [0.05, 0.1) is 18.4 Å². The summed E-state index contributed by atoms with van der Waals surface area (Å²) in [5, 5.41) is 10.4. The lowest BCUT2D eigenvalue weighted by Crippen LogP contribution is -2.29. The predicted octanol–water partition coefficient (Wildman–Crippen LogP) is 1.19. The number of aliphatic hydroxyl groups is 1. The van der Waals surface area contributed by atoms with Crippen molar-refractivity contribution in [1.82, 2.24) is 5.06 Å². The third-order valence-corrected chi connectivity index (χ3v) is 3.47. The van der Waals surface area contributed by atoms with Crippen LogP contribution in [-0.4, -0.2) is 41.1 Å². The number of hydrogen-bond acceptors (Lipinski definition) is 4. The van der Waals surface area contributed by atoms with Gasteiger partial charge in [-0.25, -0.2) is 9.45 Å². The average molecular weight is 271 g/mol. The van der Waals surface area contributed by atoms with E-state index in [-0.39, 0.29) is 30.6 Å². The highest BCUT2D eigenvalue weighted by molar-refractivity contribution is 7.99. The first-order valence-corrected chi connectivity index (χ1v) is 6.74. The SMILES string of the molecule is O=C(CSCc1ccc(F)cc1)N1C[C@@H](O)CO1. The number of benzene rings is 1. The van der Waals surface area contributed by atoms with Crippen molar-refractivity contribution in [3.05, 3.63) is 35.6 Å². The molecule has 4 nitrogen and oxygen atoms in total. The number of halogens is 1. The number of aliphatic hydroxyl groups excluding tert-OH is 1. The summed E-state index contributed by atoms with van der Waals surface area (Å²) in [4.78, 5) is 16.7. The van der Waals surface area contributed by atoms with Crippen molar-refractivity contribution in [3.8, 4) is 0 Å². The molecule has 18 heavy (non-hydrogen) atoms. The van der Waals surface area contributed by atoms with Gasteiger partial charge >= 0.3 is 0 Å². The molecule has 2 rings (SSSR count). The summed E-state index contributed by atoms with van der Waals surface area (Å²) in [5.41, 5.74) is 0.969. The number of hydroxylamine groups is 2. The van der Waals surface area contributed by atoms with Crippen LogP contribution in [0.15, 0.2) is 24.3 Å². The van der Waals surface area contributed by atoms with E-state index >= 15 is 0 Å². The highest BCUT2D eigenvalue weighted by atomic mass is 32.2. The number of amides is 1. The van der Waals surface area contributed by atoms with E-state index in [1.54, 1.807) is 12.1 Å². The van der Waals surface area contributed by atoms with Crippen LogP contribution in [0.3, 0.4) is 0 Å². The Kier molecular flexibility index (Phi) is 4.57. The molecular formula is C12H14FNO3S. The topological polar surface area (TPSA) is 49.8 Å². The van der Waals surface area contributed by atoms with Crippen LogP contribution in [0.4, 0.5) is 4.39 Å². The maximum Gasteiger partial charge on any atom is 0.256 e. The molecule has 1 N–H and O–H groups in total. The van der Waals surface area contributed by atoms with Crippen LogP contribution in [0.5, 0.6) is 0 Å². The minimum absolute atomic E-state index is 0.154. The Morgan fingerprint density at radius 3 is 2.83 bits per heavy atom. The van der Waals surface area contributed by atoms with Crippen LogP contribution in [-0.2, 0) is 15.4 Å². The van der Waals surface area contributed by atoms with Crippen LogP contribution in [0.1, 0.15) is 5.56 Å². The van der Waals surface area contributed by atoms with Crippen LogP contribution < -0.4 is 0 Å². The standard InChI is InChI=1S/C12H14FNO3S/c13-10-3-1-9(2-4-10)7-18-8-12(16)14-5-11(15)6-17-14/h1-4,11,15H,5-8H2/t11-/m1/s1. The van der Waals surface area contributed by atoms with E-state index in [1.807, 2.05) is 0 Å². The van der Waals surface area contributed by atoms with E-state index < -0.39 is 6.10 Å². The van der Waals surface area contributed by atoms with Crippen molar-refractivity contribution < 1.29 is 19.1 Å². The van der Waals surface area contributed by atoms with E-state index in [9.17, 15) is 14.3 Å². The van der Waals surface area contributed by atoms with Gasteiger partial charge in [0.25, 0.3) is 5.91 Å². The Hall–Kier alpha value is -1.11. The van der Waals surface area contributed by atoms with E-state index in [1.165, 1.54) is 29.0 Å². The van der Waals surface area contributed by atoms with Crippen LogP contribution in [0.2, 0.25) is 0 Å². The third kappa shape index (κ3) is 3.69. The Labute approximate surface area is 109 Å². The lowest BCUT2D eigenvalue weighted by molar-refractivity contribution is -0.165. The second-order valence-electron chi connectivity index (χ2n) is 4.02. The van der Waals surface area contributed by atoms with Gasteiger partial charge in [-0.15, -0.1) is 11.8 Å². The molecule has 1 fully saturated rings. The van der Waals surface area contributed by atoms with Crippen LogP contribution in [0, 0.1) is 5.82 Å². The zero-order valence-electron chi connectivity index (χ0n) is 9.71. The summed E-state index contributed by atoms with van der Waals surface area (Å²) in [6.07, 6.45) is -0.587. The molecule has 1 aliphatic rings. The van der Waals surface area contributed by atoms with Crippen molar-refractivity contribution in [2.75, 3.05) is 18.9 Å². The number of nitrogens with zero attached hydrogens (tertiary/aromatic N) is 1. The monoisotopic (exact) mass is 271 g/mol. The molecule has 1 aromatic rings. The fourth-order valence-corrected chi connectivity index (χ4v) is 2.40. The summed E-state index contributed by atoms with van der Waals surface area (Å²) >= 11 is 1.43. The Morgan fingerprint density at radius 2 is 2.22 bits per heavy atom. The quantitative estimate of drug-likeness (QED) is 0.894. The highest BCUT2D eigenvalue weighted by Gasteiger charge is 2.25. The van der Waals surface area contributed by atoms with E-state index in [0.717, 1.165) is 5.56 Å². The number of carbonyl (C=O) groups is 1. The van der Waals surface area contributed by atoms with E-state index in [2.05, 4.69) is 0 Å². The third-order valence-electron chi connectivity index (χ3n) is 2.49. The lowest BCUT2D eigenvalue weighted by Gasteiger charge is -2.13. The van der Waals surface area contributed by atoms with Gasteiger partial charge in [-0.3, -0.25) is 9.63 Å². The van der Waals surface area contributed by atoms with Crippen molar-refractivity contribution in [2.24, 2.45) is 0 Å². The summed E-state index contributed by atoms with van der Waals surface area (Å²) < 4.78 is 12.7. The van der Waals surface area contributed by atoms with Gasteiger partial charge in [-0.1, -0.05) is 12.1 Å². The second kappa shape index (κ2) is 6.17. The number of carbonyl (C=O) groups excluding carboxylic acids is 1. The molecule has 0 aromatic heterocycles. The van der Waals surface area contributed by atoms with Crippen LogP contribution in [0.25, 0.3) is 0 Å². The van der Waals surface area contributed by atoms with Gasteiger partial charge in [0.15, 0.2) is 0 Å². The molecule has 1 saturated heterocycles. The smallest absolute Gasteiger partial charge is 0.256 e. The van der Waals surface area contributed by atoms with Gasteiger partial charge in [0.1, 0.15) is 12.4 Å². The Balaban J connectivity index is 1.72. The lowest BCUT2D eigenvalue weighted by atomic mass is 10.2. The fourth-order valence-electron chi connectivity index (χ4n) is 1.56. The normalized spacial score (nSPS) is 19.2. The van der Waals surface area contributed by atoms with Crippen molar-refractivity contribution in [2.45, 2.75) is 11.9 Å². The minimum Gasteiger partial charge on any atom is -0.389 e. The predicted molar refractivity (Wildman–Crippen MR) is 66.2 cm³/mol. The molecule has 6 heteroatoms. The summed E-state index contributed by atoms with van der Waals surface area (Å²) in [6, 6.07) is 6.20. The van der Waals surface area contributed by atoms with Crippen molar-refractivity contribution >= 4 is 17.7 Å². The van der Waals surface area contributed by atoms with Gasteiger partial charge in [0, 0.05) is 5.75 Å². The molecule has 0 unspecified atom stereocenters. The molecule has 1 heterocycles. The number of thioether (sulfide) groups is 1. The first-order chi connectivity index (χ1) is 8.65. The Bertz CT molecular complexity index is 412. The first kappa shape index (κ1) is 13.3. The molecule has 1 amide bonds. The number of rotatable bonds is 4. The Morgan fingerprint density at radius 1 is 1.50 bits per heavy atom. The van der Waals surface area contributed by atoms with Crippen LogP contribution >= 0.6 is 11.8 Å². The molecule has 0 aliphatic carbocycles. The van der Waals surface area contributed by atoms with Gasteiger partial charge in [-0.05, 0) is 17.7 Å². The second-order valence-corrected chi connectivity index (χ2v) is 5.01. The molecule has 0 saturated carbocycles. The molecule has 1 aromatic carbocycles. The molecular weight excluding hydrogens is 257 g/mol. The van der Waals surface area contributed by atoms with Gasteiger partial charge in [-0.2, -0.15) is 0 Å². The number of β-amino-alcohol motifs (C(OH)–C–C–N with tert-alkyl or cyclic N) is 1. The first-order valence-electron chi connectivity index (χ1n) is 5.58. The molecule has 0 bridgehead atoms. The summed E-state index contributed by atoms with van der Waals surface area (Å²) in [5.74, 6) is 0.505. The van der Waals surface area contributed by atoms with E-state index in [0.29, 0.717) is 5.75 Å². The number of hydrogen-bond donors (Lipinski definition) is 1. The summed E-state index contributed by atoms with van der Waals surface area (Å²) in [6.45, 7) is 0.407. The molecule has 1 aliphatic heterocycles. The molecule has 1 atom stereocenters. The summed E-state index contributed by atoms with van der Waals surface area (Å²) in [7, 11) is 0. The molecule has 98 valence electrons. The van der Waals surface area contributed by atoms with Crippen molar-refractivity contribution in [3.63, 3.8) is 0 Å². The molecule has 0 spiro atoms. The van der Waals surface area contributed by atoms with Gasteiger partial charge < -0.3 is 5.11 Å². The minimum atomic E-state index is -0.587. The average Bonchev–Trinajstić information content (AvgIpc) is 2.78. The van der Waals surface area contributed by atoms with Gasteiger partial charge in [0.2, 0.25) is 0 Å². The zero-order valence-corrected chi connectivity index (χ0v) is 10.5. The van der Waals surface area contributed by atoms with E-state index in [4.69, 9.17) is 4.84 Å². The fraction of sp³-hybridized carbons (Fsp3) is 0.417.